The second-order valence-corrected chi connectivity index (χ2v) is 4.66. The van der Waals surface area contributed by atoms with E-state index in [0.717, 1.165) is 34.7 Å². The highest BCUT2D eigenvalue weighted by atomic mass is 35.5. The van der Waals surface area contributed by atoms with Crippen LogP contribution in [0, 0.1) is 6.92 Å². The lowest BCUT2D eigenvalue weighted by atomic mass is 10.00. The second kappa shape index (κ2) is 3.69. The third-order valence-corrected chi connectivity index (χ3v) is 3.45. The molecule has 1 aliphatic rings. The number of hydrogen-bond acceptors (Lipinski definition) is 2. The van der Waals surface area contributed by atoms with Crippen molar-refractivity contribution in [2.45, 2.75) is 31.8 Å². The Bertz CT molecular complexity index is 383. The van der Waals surface area contributed by atoms with E-state index in [1.807, 2.05) is 19.1 Å². The molecule has 1 aliphatic carbocycles. The van der Waals surface area contributed by atoms with E-state index in [1.54, 1.807) is 7.11 Å². The summed E-state index contributed by atoms with van der Waals surface area (Å²) in [6.07, 6.45) is 2.40. The molecule has 0 atom stereocenters. The third-order valence-electron chi connectivity index (χ3n) is 3.04. The van der Waals surface area contributed by atoms with Crippen LogP contribution in [0.1, 0.15) is 24.0 Å². The molecule has 0 aromatic heterocycles. The van der Waals surface area contributed by atoms with E-state index in [-0.39, 0.29) is 0 Å². The van der Waals surface area contributed by atoms with Crippen LogP contribution in [0.4, 0.5) is 0 Å². The average molecular weight is 227 g/mol. The zero-order valence-electron chi connectivity index (χ0n) is 9.01. The minimum Gasteiger partial charge on any atom is -0.496 e. The summed E-state index contributed by atoms with van der Waals surface area (Å²) in [7, 11) is 1.64. The Morgan fingerprint density at radius 3 is 2.67 bits per heavy atom. The van der Waals surface area contributed by atoms with Crippen molar-refractivity contribution in [1.29, 1.82) is 0 Å². The van der Waals surface area contributed by atoms with Gasteiger partial charge in [-0.3, -0.25) is 0 Å². The molecule has 2 nitrogen and oxygen atoms in total. The Balaban J connectivity index is 2.37. The lowest BCUT2D eigenvalue weighted by molar-refractivity contribution is 0.149. The van der Waals surface area contributed by atoms with Crippen molar-refractivity contribution in [1.82, 2.24) is 0 Å². The van der Waals surface area contributed by atoms with Gasteiger partial charge in [0.2, 0.25) is 0 Å². The zero-order valence-corrected chi connectivity index (χ0v) is 9.77. The van der Waals surface area contributed by atoms with Gasteiger partial charge in [-0.2, -0.15) is 0 Å². The maximum atomic E-state index is 9.92. The number of aliphatic hydroxyl groups is 1. The van der Waals surface area contributed by atoms with Crippen LogP contribution in [-0.2, 0) is 6.42 Å². The van der Waals surface area contributed by atoms with Gasteiger partial charge < -0.3 is 9.84 Å². The van der Waals surface area contributed by atoms with Gasteiger partial charge in [-0.05, 0) is 37.5 Å². The van der Waals surface area contributed by atoms with Crippen LogP contribution < -0.4 is 4.74 Å². The van der Waals surface area contributed by atoms with Crippen molar-refractivity contribution < 1.29 is 9.84 Å². The van der Waals surface area contributed by atoms with E-state index in [2.05, 4.69) is 0 Å². The molecule has 3 heteroatoms. The summed E-state index contributed by atoms with van der Waals surface area (Å²) in [6.45, 7) is 1.96. The summed E-state index contributed by atoms with van der Waals surface area (Å²) in [5.74, 6) is 0.817. The van der Waals surface area contributed by atoms with E-state index in [0.29, 0.717) is 6.42 Å². The third kappa shape index (κ3) is 2.11. The molecule has 0 saturated heterocycles. The van der Waals surface area contributed by atoms with Crippen LogP contribution in [0.25, 0.3) is 0 Å². The number of benzene rings is 1. The van der Waals surface area contributed by atoms with Crippen LogP contribution in [0.5, 0.6) is 5.75 Å². The molecule has 0 radical (unpaired) electrons. The average Bonchev–Trinajstić information content (AvgIpc) is 2.92. The largest absolute Gasteiger partial charge is 0.496 e. The van der Waals surface area contributed by atoms with E-state index < -0.39 is 5.60 Å². The molecule has 1 saturated carbocycles. The zero-order chi connectivity index (χ0) is 11.1. The van der Waals surface area contributed by atoms with Crippen molar-refractivity contribution in [3.63, 3.8) is 0 Å². The summed E-state index contributed by atoms with van der Waals surface area (Å²) in [5, 5.41) is 10.7. The smallest absolute Gasteiger partial charge is 0.122 e. The first-order valence-corrected chi connectivity index (χ1v) is 5.48. The molecular weight excluding hydrogens is 212 g/mol. The molecular formula is C12H15ClO2. The van der Waals surface area contributed by atoms with Crippen LogP contribution >= 0.6 is 11.6 Å². The van der Waals surface area contributed by atoms with Crippen LogP contribution in [0.3, 0.4) is 0 Å². The Hall–Kier alpha value is -0.730. The molecule has 1 N–H and O–H groups in total. The minimum absolute atomic E-state index is 0.511. The van der Waals surface area contributed by atoms with Gasteiger partial charge in [0.05, 0.1) is 12.7 Å². The number of halogens is 1. The van der Waals surface area contributed by atoms with E-state index in [1.165, 1.54) is 0 Å². The van der Waals surface area contributed by atoms with Gasteiger partial charge in [0, 0.05) is 17.0 Å². The molecule has 82 valence electrons. The molecule has 1 fully saturated rings. The molecule has 0 unspecified atom stereocenters. The highest BCUT2D eigenvalue weighted by Crippen LogP contribution is 2.41. The van der Waals surface area contributed by atoms with Crippen molar-refractivity contribution >= 4 is 11.6 Å². The van der Waals surface area contributed by atoms with Crippen LogP contribution in [-0.4, -0.2) is 17.8 Å². The van der Waals surface area contributed by atoms with Crippen LogP contribution in [0.2, 0.25) is 5.02 Å². The van der Waals surface area contributed by atoms with Crippen molar-refractivity contribution in [3.05, 3.63) is 28.3 Å². The van der Waals surface area contributed by atoms with Gasteiger partial charge in [0.1, 0.15) is 5.75 Å². The van der Waals surface area contributed by atoms with E-state index in [9.17, 15) is 5.11 Å². The predicted molar refractivity (Wildman–Crippen MR) is 60.6 cm³/mol. The van der Waals surface area contributed by atoms with Gasteiger partial charge >= 0.3 is 0 Å². The summed E-state index contributed by atoms with van der Waals surface area (Å²) < 4.78 is 5.29. The fourth-order valence-corrected chi connectivity index (χ4v) is 1.94. The number of rotatable bonds is 3. The topological polar surface area (TPSA) is 29.5 Å². The van der Waals surface area contributed by atoms with Gasteiger partial charge in [-0.25, -0.2) is 0 Å². The first-order valence-electron chi connectivity index (χ1n) is 5.10. The fraction of sp³-hybridized carbons (Fsp3) is 0.500. The normalized spacial score (nSPS) is 17.6. The summed E-state index contributed by atoms with van der Waals surface area (Å²) in [4.78, 5) is 0. The molecule has 0 bridgehead atoms. The number of hydrogen-bond donors (Lipinski definition) is 1. The molecule has 0 aliphatic heterocycles. The molecule has 1 aromatic carbocycles. The lowest BCUT2D eigenvalue weighted by Crippen LogP contribution is -2.12. The van der Waals surface area contributed by atoms with Gasteiger partial charge in [0.25, 0.3) is 0 Å². The molecule has 0 spiro atoms. The molecule has 1 aromatic rings. The van der Waals surface area contributed by atoms with E-state index >= 15 is 0 Å². The first kappa shape index (κ1) is 10.8. The highest BCUT2D eigenvalue weighted by molar-refractivity contribution is 6.31. The van der Waals surface area contributed by atoms with Crippen molar-refractivity contribution in [2.75, 3.05) is 7.11 Å². The Morgan fingerprint density at radius 2 is 2.13 bits per heavy atom. The van der Waals surface area contributed by atoms with Gasteiger partial charge in [-0.15, -0.1) is 0 Å². The molecule has 15 heavy (non-hydrogen) atoms. The van der Waals surface area contributed by atoms with Crippen molar-refractivity contribution in [2.24, 2.45) is 0 Å². The predicted octanol–water partition coefficient (Wildman–Crippen LogP) is 2.72. The summed E-state index contributed by atoms with van der Waals surface area (Å²) in [5.41, 5.74) is 1.53. The van der Waals surface area contributed by atoms with Gasteiger partial charge in [0.15, 0.2) is 0 Å². The Morgan fingerprint density at radius 1 is 1.47 bits per heavy atom. The summed E-state index contributed by atoms with van der Waals surface area (Å²) >= 11 is 6.05. The van der Waals surface area contributed by atoms with E-state index in [4.69, 9.17) is 16.3 Å². The number of methoxy groups -OCH3 is 1. The number of ether oxygens (including phenoxy) is 1. The molecule has 0 amide bonds. The Kier molecular flexibility index (Phi) is 2.65. The SMILES string of the molecule is COc1ccc(Cl)c(C)c1CC1(O)CC1. The standard InChI is InChI=1S/C12H15ClO2/c1-8-9(7-12(14)5-6-12)11(15-2)4-3-10(8)13/h3-4,14H,5-7H2,1-2H3. The monoisotopic (exact) mass is 226 g/mol. The molecule has 2 rings (SSSR count). The van der Waals surface area contributed by atoms with Crippen LogP contribution in [0.15, 0.2) is 12.1 Å². The fourth-order valence-electron chi connectivity index (χ4n) is 1.76. The quantitative estimate of drug-likeness (QED) is 0.859. The maximum absolute atomic E-state index is 9.92. The highest BCUT2D eigenvalue weighted by Gasteiger charge is 2.41. The minimum atomic E-state index is -0.511. The lowest BCUT2D eigenvalue weighted by Gasteiger charge is -2.15. The summed E-state index contributed by atoms with van der Waals surface area (Å²) in [6, 6.07) is 3.69. The molecule has 0 heterocycles. The van der Waals surface area contributed by atoms with Gasteiger partial charge in [-0.1, -0.05) is 11.6 Å². The first-order chi connectivity index (χ1) is 7.06. The Labute approximate surface area is 94.8 Å². The maximum Gasteiger partial charge on any atom is 0.122 e. The van der Waals surface area contributed by atoms with Crippen molar-refractivity contribution in [3.8, 4) is 5.75 Å². The second-order valence-electron chi connectivity index (χ2n) is 4.25.